The van der Waals surface area contributed by atoms with E-state index in [9.17, 15) is 9.59 Å². The van der Waals surface area contributed by atoms with Gasteiger partial charge in [0.1, 0.15) is 12.0 Å². The molecule has 0 saturated carbocycles. The Morgan fingerprint density at radius 2 is 1.68 bits per heavy atom. The van der Waals surface area contributed by atoms with E-state index in [1.54, 1.807) is 26.0 Å². The second-order valence-electron chi connectivity index (χ2n) is 8.35. The van der Waals surface area contributed by atoms with E-state index < -0.39 is 38.2 Å². The first-order valence-electron chi connectivity index (χ1n) is 10.00. The predicted molar refractivity (Wildman–Crippen MR) is 111 cm³/mol. The molecule has 7 heteroatoms. The summed E-state index contributed by atoms with van der Waals surface area (Å²) in [7, 11) is -2.11. The zero-order valence-electron chi connectivity index (χ0n) is 18.5. The van der Waals surface area contributed by atoms with Crippen LogP contribution in [0, 0.1) is 11.8 Å². The molecule has 3 atom stereocenters. The Morgan fingerprint density at radius 3 is 2.18 bits per heavy atom. The van der Waals surface area contributed by atoms with Crippen LogP contribution in [0.25, 0.3) is 0 Å². The molecule has 1 aliphatic rings. The van der Waals surface area contributed by atoms with Crippen molar-refractivity contribution >= 4 is 20.3 Å². The lowest BCUT2D eigenvalue weighted by Crippen LogP contribution is -2.44. The first-order valence-corrected chi connectivity index (χ1v) is 12.9. The Kier molecular flexibility index (Phi) is 8.79. The number of ether oxygens (including phenoxy) is 3. The highest BCUT2D eigenvalue weighted by Gasteiger charge is 2.45. The van der Waals surface area contributed by atoms with E-state index in [1.807, 2.05) is 13.0 Å². The normalized spacial score (nSPS) is 23.1. The molecule has 0 fully saturated rings. The largest absolute Gasteiger partial charge is 0.519 e. The Morgan fingerprint density at radius 1 is 1.11 bits per heavy atom. The maximum absolute atomic E-state index is 12.6. The number of hydrogen-bond donors (Lipinski definition) is 0. The summed E-state index contributed by atoms with van der Waals surface area (Å²) in [5.41, 5.74) is 0. The molecule has 0 N–H and O–H groups in total. The molecule has 0 aromatic carbocycles. The van der Waals surface area contributed by atoms with Gasteiger partial charge >= 0.3 is 11.9 Å². The van der Waals surface area contributed by atoms with Gasteiger partial charge in [-0.05, 0) is 57.5 Å². The molecule has 0 aromatic rings. The Labute approximate surface area is 170 Å². The molecule has 6 nitrogen and oxygen atoms in total. The standard InChI is InChI=1S/C21H36O6Si/c1-9-17(27-28(7,8)21(4,5)6)26-16-14-12-13-15(19(22)24-10-2)18(16)20(23)25-11-3/h9,12,14-16,18H,10-11,13H2,1-8H3/b17-9+/t15-,16-,18+/m1/s1. The van der Waals surface area contributed by atoms with Crippen molar-refractivity contribution in [2.45, 2.75) is 72.2 Å². The molecule has 0 saturated heterocycles. The zero-order valence-corrected chi connectivity index (χ0v) is 19.5. The summed E-state index contributed by atoms with van der Waals surface area (Å²) in [5, 5.41) is 0.00103. The first-order chi connectivity index (χ1) is 13.0. The molecule has 0 spiro atoms. The van der Waals surface area contributed by atoms with E-state index in [0.29, 0.717) is 12.4 Å². The van der Waals surface area contributed by atoms with Gasteiger partial charge in [0.05, 0.1) is 19.1 Å². The van der Waals surface area contributed by atoms with E-state index in [1.165, 1.54) is 0 Å². The zero-order chi connectivity index (χ0) is 21.5. The summed E-state index contributed by atoms with van der Waals surface area (Å²) in [6.45, 7) is 16.5. The summed E-state index contributed by atoms with van der Waals surface area (Å²) in [5.74, 6) is -1.91. The molecule has 0 amide bonds. The van der Waals surface area contributed by atoms with Crippen LogP contribution >= 0.6 is 0 Å². The highest BCUT2D eigenvalue weighted by atomic mass is 28.4. The van der Waals surface area contributed by atoms with Crippen LogP contribution in [-0.4, -0.2) is 39.6 Å². The highest BCUT2D eigenvalue weighted by molar-refractivity contribution is 6.74. The molecule has 0 aromatic heterocycles. The lowest BCUT2D eigenvalue weighted by atomic mass is 9.81. The Bertz CT molecular complexity index is 603. The van der Waals surface area contributed by atoms with Crippen LogP contribution in [0.15, 0.2) is 24.2 Å². The van der Waals surface area contributed by atoms with Crippen molar-refractivity contribution in [1.82, 2.24) is 0 Å². The number of rotatable bonds is 8. The van der Waals surface area contributed by atoms with E-state index >= 15 is 0 Å². The number of esters is 2. The summed E-state index contributed by atoms with van der Waals surface area (Å²) in [6.07, 6.45) is 5.16. The van der Waals surface area contributed by atoms with Gasteiger partial charge in [-0.1, -0.05) is 26.8 Å². The third-order valence-corrected chi connectivity index (χ3v) is 9.63. The number of carbonyl (C=O) groups is 2. The van der Waals surface area contributed by atoms with Crippen LogP contribution < -0.4 is 0 Å². The summed E-state index contributed by atoms with van der Waals surface area (Å²) >= 11 is 0. The molecular formula is C21H36O6Si. The average molecular weight is 413 g/mol. The topological polar surface area (TPSA) is 71.1 Å². The molecule has 0 heterocycles. The van der Waals surface area contributed by atoms with Crippen molar-refractivity contribution in [2.75, 3.05) is 13.2 Å². The molecular weight excluding hydrogens is 376 g/mol. The molecule has 0 unspecified atom stereocenters. The third-order valence-electron chi connectivity index (χ3n) is 5.30. The maximum atomic E-state index is 12.6. The molecule has 1 aliphatic carbocycles. The molecule has 1 rings (SSSR count). The van der Waals surface area contributed by atoms with Crippen LogP contribution in [-0.2, 0) is 28.2 Å². The fraction of sp³-hybridized carbons (Fsp3) is 0.714. The molecule has 160 valence electrons. The molecule has 0 aliphatic heterocycles. The Hall–Kier alpha value is -1.76. The highest BCUT2D eigenvalue weighted by Crippen LogP contribution is 2.39. The van der Waals surface area contributed by atoms with Crippen molar-refractivity contribution in [3.63, 3.8) is 0 Å². The molecule has 28 heavy (non-hydrogen) atoms. The Balaban J connectivity index is 3.10. The van der Waals surface area contributed by atoms with Gasteiger partial charge in [-0.25, -0.2) is 0 Å². The van der Waals surface area contributed by atoms with E-state index in [-0.39, 0.29) is 18.3 Å². The summed E-state index contributed by atoms with van der Waals surface area (Å²) in [6, 6.07) is 0. The fourth-order valence-electron chi connectivity index (χ4n) is 2.69. The van der Waals surface area contributed by atoms with Crippen LogP contribution in [0.3, 0.4) is 0 Å². The van der Waals surface area contributed by atoms with Crippen molar-refractivity contribution in [3.8, 4) is 0 Å². The van der Waals surface area contributed by atoms with Gasteiger partial charge in [-0.2, -0.15) is 0 Å². The monoisotopic (exact) mass is 412 g/mol. The SMILES string of the molecule is C/C=C(\O[C@@H]1C=CC[C@@H](C(=O)OCC)[C@@H]1C(=O)OCC)O[Si](C)(C)C(C)(C)C. The van der Waals surface area contributed by atoms with E-state index in [2.05, 4.69) is 33.9 Å². The van der Waals surface area contributed by atoms with Crippen molar-refractivity contribution in [1.29, 1.82) is 0 Å². The van der Waals surface area contributed by atoms with Crippen molar-refractivity contribution < 1.29 is 28.2 Å². The van der Waals surface area contributed by atoms with E-state index in [4.69, 9.17) is 18.6 Å². The van der Waals surface area contributed by atoms with Crippen LogP contribution in [0.1, 0.15) is 48.0 Å². The summed E-state index contributed by atoms with van der Waals surface area (Å²) < 4.78 is 22.7. The molecule has 0 bridgehead atoms. The van der Waals surface area contributed by atoms with Gasteiger partial charge in [0.25, 0.3) is 14.3 Å². The summed E-state index contributed by atoms with van der Waals surface area (Å²) in [4.78, 5) is 25.1. The maximum Gasteiger partial charge on any atom is 0.313 e. The molecule has 0 radical (unpaired) electrons. The quantitative estimate of drug-likeness (QED) is 0.252. The fourth-order valence-corrected chi connectivity index (χ4v) is 3.66. The number of carbonyl (C=O) groups excluding carboxylic acids is 2. The van der Waals surface area contributed by atoms with Gasteiger partial charge < -0.3 is 18.6 Å². The van der Waals surface area contributed by atoms with Gasteiger partial charge in [0, 0.05) is 0 Å². The minimum absolute atomic E-state index is 0.00103. The minimum Gasteiger partial charge on any atom is -0.519 e. The van der Waals surface area contributed by atoms with Crippen LogP contribution in [0.2, 0.25) is 18.1 Å². The van der Waals surface area contributed by atoms with Gasteiger partial charge in [-0.15, -0.1) is 0 Å². The second-order valence-corrected chi connectivity index (χ2v) is 13.1. The lowest BCUT2D eigenvalue weighted by molar-refractivity contribution is -0.166. The van der Waals surface area contributed by atoms with Gasteiger partial charge in [0.15, 0.2) is 0 Å². The number of hydrogen-bond acceptors (Lipinski definition) is 6. The lowest BCUT2D eigenvalue weighted by Gasteiger charge is -2.38. The van der Waals surface area contributed by atoms with E-state index in [0.717, 1.165) is 0 Å². The van der Waals surface area contributed by atoms with Crippen molar-refractivity contribution in [3.05, 3.63) is 24.2 Å². The van der Waals surface area contributed by atoms with Crippen LogP contribution in [0.5, 0.6) is 0 Å². The minimum atomic E-state index is -2.11. The first kappa shape index (κ1) is 24.3. The smallest absolute Gasteiger partial charge is 0.313 e. The van der Waals surface area contributed by atoms with Gasteiger partial charge in [-0.3, -0.25) is 9.59 Å². The van der Waals surface area contributed by atoms with Gasteiger partial charge in [0.2, 0.25) is 0 Å². The number of allylic oxidation sites excluding steroid dienone is 2. The van der Waals surface area contributed by atoms with Crippen molar-refractivity contribution in [2.24, 2.45) is 11.8 Å². The van der Waals surface area contributed by atoms with Crippen LogP contribution in [0.4, 0.5) is 0 Å². The third kappa shape index (κ3) is 6.12. The average Bonchev–Trinajstić information content (AvgIpc) is 2.60. The predicted octanol–water partition coefficient (Wildman–Crippen LogP) is 4.57. The second kappa shape index (κ2) is 10.1.